The minimum Gasteiger partial charge on any atom is -0.366 e. The molecule has 0 heterocycles. The first kappa shape index (κ1) is 17.8. The molecule has 0 aliphatic carbocycles. The second-order valence-electron chi connectivity index (χ2n) is 5.57. The number of halogens is 3. The minimum atomic E-state index is -0.686. The summed E-state index contributed by atoms with van der Waals surface area (Å²) in [4.78, 5) is 7.69. The first-order valence-corrected chi connectivity index (χ1v) is 7.56. The highest BCUT2D eigenvalue weighted by Gasteiger charge is 2.14. The maximum Gasteiger partial charge on any atom is 0.128 e. The molecule has 0 atom stereocenters. The van der Waals surface area contributed by atoms with Crippen LogP contribution in [0.25, 0.3) is 0 Å². The molecule has 3 nitrogen and oxygen atoms in total. The number of benzene rings is 2. The van der Waals surface area contributed by atoms with Crippen LogP contribution >= 0.6 is 0 Å². The van der Waals surface area contributed by atoms with Gasteiger partial charge in [-0.2, -0.15) is 0 Å². The van der Waals surface area contributed by atoms with E-state index >= 15 is 0 Å². The maximum absolute atomic E-state index is 14.0. The van der Waals surface area contributed by atoms with E-state index in [0.29, 0.717) is 22.6 Å². The van der Waals surface area contributed by atoms with E-state index in [2.05, 4.69) is 4.99 Å². The lowest BCUT2D eigenvalue weighted by molar-refractivity contribution is 0.552. The molecule has 24 heavy (non-hydrogen) atoms. The molecule has 6 heteroatoms. The molecule has 2 aromatic carbocycles. The van der Waals surface area contributed by atoms with Gasteiger partial charge in [-0.1, -0.05) is 0 Å². The van der Waals surface area contributed by atoms with Crippen LogP contribution < -0.4 is 4.90 Å². The molecule has 0 saturated heterocycles. The van der Waals surface area contributed by atoms with E-state index in [1.165, 1.54) is 29.2 Å². The SMILES string of the molecule is CCN(C)/C=N\c1cc(F)cc(N(C)c2cc(F)cc(F)c2)c1C. The number of hydrogen-bond acceptors (Lipinski definition) is 2. The molecule has 2 aromatic rings. The molecule has 0 amide bonds. The van der Waals surface area contributed by atoms with E-state index in [-0.39, 0.29) is 0 Å². The Bertz CT molecular complexity index is 739. The van der Waals surface area contributed by atoms with Crippen molar-refractivity contribution < 1.29 is 13.2 Å². The fourth-order valence-corrected chi connectivity index (χ4v) is 2.25. The lowest BCUT2D eigenvalue weighted by Gasteiger charge is -2.23. The van der Waals surface area contributed by atoms with Gasteiger partial charge < -0.3 is 9.80 Å². The fourth-order valence-electron chi connectivity index (χ4n) is 2.25. The Hall–Kier alpha value is -2.50. The van der Waals surface area contributed by atoms with Gasteiger partial charge in [0.2, 0.25) is 0 Å². The Kier molecular flexibility index (Phi) is 5.49. The van der Waals surface area contributed by atoms with Crippen molar-refractivity contribution in [1.82, 2.24) is 4.90 Å². The predicted octanol–water partition coefficient (Wildman–Crippen LogP) is 4.79. The standard InChI is InChI=1S/C18H20F3N3/c1-5-23(3)11-22-17-9-15(21)10-18(12(17)2)24(4)16-7-13(19)6-14(20)8-16/h6-11H,5H2,1-4H3/b22-11-. The van der Waals surface area contributed by atoms with Crippen LogP contribution in [0, 0.1) is 24.4 Å². The molecule has 0 N–H and O–H groups in total. The molecular formula is C18H20F3N3. The number of anilines is 2. The Labute approximate surface area is 140 Å². The first-order chi connectivity index (χ1) is 11.3. The molecule has 0 aromatic heterocycles. The summed E-state index contributed by atoms with van der Waals surface area (Å²) >= 11 is 0. The van der Waals surface area contributed by atoms with Crippen LogP contribution in [0.15, 0.2) is 35.3 Å². The molecule has 128 valence electrons. The van der Waals surface area contributed by atoms with E-state index in [1.807, 2.05) is 18.9 Å². The molecule has 0 fully saturated rings. The van der Waals surface area contributed by atoms with E-state index in [9.17, 15) is 13.2 Å². The minimum absolute atomic E-state index is 0.293. The van der Waals surface area contributed by atoms with Crippen LogP contribution in [0.4, 0.5) is 30.2 Å². The zero-order valence-corrected chi connectivity index (χ0v) is 14.1. The molecule has 0 aliphatic heterocycles. The second-order valence-corrected chi connectivity index (χ2v) is 5.57. The van der Waals surface area contributed by atoms with Gasteiger partial charge in [-0.15, -0.1) is 0 Å². The number of rotatable bonds is 5. The van der Waals surface area contributed by atoms with Crippen LogP contribution in [0.5, 0.6) is 0 Å². The van der Waals surface area contributed by atoms with Crippen LogP contribution in [-0.2, 0) is 0 Å². The summed E-state index contributed by atoms with van der Waals surface area (Å²) in [7, 11) is 3.49. The number of aliphatic imine (C=N–C) groups is 1. The van der Waals surface area contributed by atoms with Crippen LogP contribution in [0.1, 0.15) is 12.5 Å². The number of nitrogens with zero attached hydrogens (tertiary/aromatic N) is 3. The summed E-state index contributed by atoms with van der Waals surface area (Å²) in [5.74, 6) is -1.84. The van der Waals surface area contributed by atoms with Crippen molar-refractivity contribution in [3.05, 3.63) is 53.3 Å². The molecular weight excluding hydrogens is 315 g/mol. The normalized spacial score (nSPS) is 11.1. The van der Waals surface area contributed by atoms with Gasteiger partial charge in [0.1, 0.15) is 17.5 Å². The Balaban J connectivity index is 2.46. The third-order valence-electron chi connectivity index (χ3n) is 3.81. The average Bonchev–Trinajstić information content (AvgIpc) is 2.53. The monoisotopic (exact) mass is 335 g/mol. The lowest BCUT2D eigenvalue weighted by atomic mass is 10.1. The molecule has 0 saturated carbocycles. The predicted molar refractivity (Wildman–Crippen MR) is 92.0 cm³/mol. The highest BCUT2D eigenvalue weighted by atomic mass is 19.1. The molecule has 2 rings (SSSR count). The van der Waals surface area contributed by atoms with Gasteiger partial charge in [0.15, 0.2) is 0 Å². The van der Waals surface area contributed by atoms with Crippen molar-refractivity contribution in [3.8, 4) is 0 Å². The lowest BCUT2D eigenvalue weighted by Crippen LogP contribution is -2.14. The van der Waals surface area contributed by atoms with E-state index in [1.54, 1.807) is 20.3 Å². The maximum atomic E-state index is 14.0. The zero-order chi connectivity index (χ0) is 17.9. The Morgan fingerprint density at radius 2 is 1.54 bits per heavy atom. The first-order valence-electron chi connectivity index (χ1n) is 7.56. The van der Waals surface area contributed by atoms with Crippen molar-refractivity contribution in [3.63, 3.8) is 0 Å². The molecule has 0 aliphatic rings. The quantitative estimate of drug-likeness (QED) is 0.578. The fraction of sp³-hybridized carbons (Fsp3) is 0.278. The van der Waals surface area contributed by atoms with Crippen LogP contribution in [-0.4, -0.2) is 31.9 Å². The summed E-state index contributed by atoms with van der Waals surface area (Å²) < 4.78 is 40.9. The van der Waals surface area contributed by atoms with Gasteiger partial charge in [-0.3, -0.25) is 0 Å². The smallest absolute Gasteiger partial charge is 0.128 e. The summed E-state index contributed by atoms with van der Waals surface area (Å²) in [5.41, 5.74) is 1.96. The van der Waals surface area contributed by atoms with Crippen molar-refractivity contribution in [1.29, 1.82) is 0 Å². The van der Waals surface area contributed by atoms with Crippen molar-refractivity contribution in [2.45, 2.75) is 13.8 Å². The van der Waals surface area contributed by atoms with Crippen LogP contribution in [0.2, 0.25) is 0 Å². The zero-order valence-electron chi connectivity index (χ0n) is 14.1. The van der Waals surface area contributed by atoms with Crippen molar-refractivity contribution >= 4 is 23.4 Å². The topological polar surface area (TPSA) is 18.8 Å². The summed E-state index contributed by atoms with van der Waals surface area (Å²) in [6.45, 7) is 4.54. The largest absolute Gasteiger partial charge is 0.366 e. The average molecular weight is 335 g/mol. The third-order valence-corrected chi connectivity index (χ3v) is 3.81. The van der Waals surface area contributed by atoms with Crippen LogP contribution in [0.3, 0.4) is 0 Å². The van der Waals surface area contributed by atoms with E-state index in [4.69, 9.17) is 0 Å². The highest BCUT2D eigenvalue weighted by molar-refractivity contribution is 5.73. The van der Waals surface area contributed by atoms with Gasteiger partial charge in [-0.25, -0.2) is 18.2 Å². The van der Waals surface area contributed by atoms with Gasteiger partial charge in [0.25, 0.3) is 0 Å². The Morgan fingerprint density at radius 3 is 2.12 bits per heavy atom. The van der Waals surface area contributed by atoms with E-state index in [0.717, 1.165) is 12.6 Å². The molecule has 0 radical (unpaired) electrons. The summed E-state index contributed by atoms with van der Waals surface area (Å²) in [5, 5.41) is 0. The van der Waals surface area contributed by atoms with Crippen molar-refractivity contribution in [2.24, 2.45) is 4.99 Å². The molecule has 0 bridgehead atoms. The third kappa shape index (κ3) is 4.07. The van der Waals surface area contributed by atoms with Gasteiger partial charge >= 0.3 is 0 Å². The summed E-state index contributed by atoms with van der Waals surface area (Å²) in [6.07, 6.45) is 1.62. The summed E-state index contributed by atoms with van der Waals surface area (Å²) in [6, 6.07) is 5.84. The number of hydrogen-bond donors (Lipinski definition) is 0. The van der Waals surface area contributed by atoms with Crippen molar-refractivity contribution in [2.75, 3.05) is 25.5 Å². The molecule has 0 unspecified atom stereocenters. The molecule has 0 spiro atoms. The Morgan fingerprint density at radius 1 is 0.958 bits per heavy atom. The van der Waals surface area contributed by atoms with Gasteiger partial charge in [0, 0.05) is 38.1 Å². The van der Waals surface area contributed by atoms with Gasteiger partial charge in [0.05, 0.1) is 12.0 Å². The highest BCUT2D eigenvalue weighted by Crippen LogP contribution is 2.34. The second kappa shape index (κ2) is 7.38. The van der Waals surface area contributed by atoms with E-state index < -0.39 is 17.5 Å². The van der Waals surface area contributed by atoms with Gasteiger partial charge in [-0.05, 0) is 43.7 Å².